The molecule has 1 aromatic heterocycles. The van der Waals surface area contributed by atoms with Gasteiger partial charge < -0.3 is 5.32 Å². The summed E-state index contributed by atoms with van der Waals surface area (Å²) < 4.78 is 13.6. The van der Waals surface area contributed by atoms with Crippen LogP contribution < -0.4 is 5.32 Å². The van der Waals surface area contributed by atoms with Gasteiger partial charge in [0.25, 0.3) is 0 Å². The number of nitrogens with one attached hydrogen (secondary N) is 1. The van der Waals surface area contributed by atoms with Gasteiger partial charge in [0, 0.05) is 17.8 Å². The van der Waals surface area contributed by atoms with Crippen LogP contribution in [0.3, 0.4) is 0 Å². The van der Waals surface area contributed by atoms with E-state index in [-0.39, 0.29) is 5.82 Å². The van der Waals surface area contributed by atoms with E-state index in [4.69, 9.17) is 0 Å². The Kier molecular flexibility index (Phi) is 2.48. The highest BCUT2D eigenvalue weighted by Crippen LogP contribution is 2.24. The average Bonchev–Trinajstić information content (AvgIpc) is 3.14. The molecule has 1 N–H and O–H groups in total. The molecule has 1 radical (unpaired) electrons. The fourth-order valence-corrected chi connectivity index (χ4v) is 1.59. The third-order valence-electron chi connectivity index (χ3n) is 2.63. The maximum absolute atomic E-state index is 13.6. The van der Waals surface area contributed by atoms with Gasteiger partial charge in [-0.05, 0) is 31.0 Å². The van der Waals surface area contributed by atoms with Crippen LogP contribution in [0.1, 0.15) is 12.8 Å². The number of benzene rings is 1. The van der Waals surface area contributed by atoms with Crippen molar-refractivity contribution in [3.63, 3.8) is 0 Å². The van der Waals surface area contributed by atoms with Crippen molar-refractivity contribution in [2.24, 2.45) is 0 Å². The molecule has 17 heavy (non-hydrogen) atoms. The SMILES string of the molecule is Fc1ccc[c]c1-c1ccnc(NC2CC2)n1. The summed E-state index contributed by atoms with van der Waals surface area (Å²) in [5, 5.41) is 3.19. The zero-order valence-corrected chi connectivity index (χ0v) is 9.15. The standard InChI is InChI=1S/C13H11FN3/c14-11-4-2-1-3-10(11)12-7-8-15-13(17-12)16-9-5-6-9/h1-2,4,7-9H,5-6H2,(H,15,16,17). The van der Waals surface area contributed by atoms with Gasteiger partial charge in [0.1, 0.15) is 5.82 Å². The van der Waals surface area contributed by atoms with Gasteiger partial charge in [-0.3, -0.25) is 0 Å². The maximum Gasteiger partial charge on any atom is 0.223 e. The van der Waals surface area contributed by atoms with Crippen molar-refractivity contribution in [2.45, 2.75) is 18.9 Å². The van der Waals surface area contributed by atoms with Gasteiger partial charge in [-0.15, -0.1) is 0 Å². The van der Waals surface area contributed by atoms with E-state index in [0.717, 1.165) is 12.8 Å². The molecule has 0 unspecified atom stereocenters. The molecule has 0 aliphatic heterocycles. The predicted octanol–water partition coefficient (Wildman–Crippen LogP) is 2.66. The van der Waals surface area contributed by atoms with E-state index >= 15 is 0 Å². The van der Waals surface area contributed by atoms with Gasteiger partial charge in [0.2, 0.25) is 5.95 Å². The fraction of sp³-hybridized carbons (Fsp3) is 0.231. The molecule has 0 bridgehead atoms. The van der Waals surface area contributed by atoms with Gasteiger partial charge in [0.05, 0.1) is 5.69 Å². The van der Waals surface area contributed by atoms with Gasteiger partial charge >= 0.3 is 0 Å². The molecular formula is C13H11FN3. The predicted molar refractivity (Wildman–Crippen MR) is 62.9 cm³/mol. The number of nitrogens with zero attached hydrogens (tertiary/aromatic N) is 2. The minimum absolute atomic E-state index is 0.316. The van der Waals surface area contributed by atoms with E-state index in [9.17, 15) is 4.39 Å². The molecule has 85 valence electrons. The minimum atomic E-state index is -0.316. The van der Waals surface area contributed by atoms with Crippen molar-refractivity contribution in [1.82, 2.24) is 9.97 Å². The van der Waals surface area contributed by atoms with Crippen LogP contribution in [0.25, 0.3) is 11.3 Å². The zero-order chi connectivity index (χ0) is 11.7. The number of halogens is 1. The lowest BCUT2D eigenvalue weighted by molar-refractivity contribution is 0.630. The molecule has 1 saturated carbocycles. The second-order valence-electron chi connectivity index (χ2n) is 4.08. The Hall–Kier alpha value is -1.97. The summed E-state index contributed by atoms with van der Waals surface area (Å²) in [5.74, 6) is 0.241. The third kappa shape index (κ3) is 2.25. The molecule has 0 atom stereocenters. The first-order valence-corrected chi connectivity index (χ1v) is 5.59. The molecule has 3 rings (SSSR count). The smallest absolute Gasteiger partial charge is 0.223 e. The summed E-state index contributed by atoms with van der Waals surface area (Å²) in [4.78, 5) is 8.41. The summed E-state index contributed by atoms with van der Waals surface area (Å²) in [7, 11) is 0. The maximum atomic E-state index is 13.6. The Morgan fingerprint density at radius 3 is 3.00 bits per heavy atom. The molecule has 1 aromatic carbocycles. The van der Waals surface area contributed by atoms with E-state index in [2.05, 4.69) is 21.4 Å². The van der Waals surface area contributed by atoms with Crippen LogP contribution in [0.2, 0.25) is 0 Å². The van der Waals surface area contributed by atoms with Crippen molar-refractivity contribution in [3.05, 3.63) is 42.3 Å². The normalized spacial score (nSPS) is 14.6. The summed E-state index contributed by atoms with van der Waals surface area (Å²) in [6.07, 6.45) is 3.94. The highest BCUT2D eigenvalue weighted by molar-refractivity contribution is 5.60. The summed E-state index contributed by atoms with van der Waals surface area (Å²) in [6, 6.07) is 9.72. The van der Waals surface area contributed by atoms with Crippen molar-refractivity contribution in [2.75, 3.05) is 5.32 Å². The minimum Gasteiger partial charge on any atom is -0.351 e. The van der Waals surface area contributed by atoms with Crippen LogP contribution in [0.5, 0.6) is 0 Å². The van der Waals surface area contributed by atoms with Crippen LogP contribution in [0, 0.1) is 11.9 Å². The van der Waals surface area contributed by atoms with Crippen LogP contribution in [0.4, 0.5) is 10.3 Å². The van der Waals surface area contributed by atoms with Crippen molar-refractivity contribution >= 4 is 5.95 Å². The van der Waals surface area contributed by atoms with Gasteiger partial charge in [-0.2, -0.15) is 0 Å². The highest BCUT2D eigenvalue weighted by atomic mass is 19.1. The molecule has 1 heterocycles. The van der Waals surface area contributed by atoms with Crippen molar-refractivity contribution in [3.8, 4) is 11.3 Å². The molecular weight excluding hydrogens is 217 g/mol. The molecule has 4 heteroatoms. The lowest BCUT2D eigenvalue weighted by atomic mass is 10.1. The fourth-order valence-electron chi connectivity index (χ4n) is 1.59. The monoisotopic (exact) mass is 228 g/mol. The molecule has 3 nitrogen and oxygen atoms in total. The Bertz CT molecular complexity index is 538. The molecule has 0 spiro atoms. The van der Waals surface area contributed by atoms with Gasteiger partial charge in [-0.25, -0.2) is 14.4 Å². The van der Waals surface area contributed by atoms with E-state index < -0.39 is 0 Å². The summed E-state index contributed by atoms with van der Waals surface area (Å²) in [5.41, 5.74) is 0.940. The van der Waals surface area contributed by atoms with E-state index in [0.29, 0.717) is 23.2 Å². The summed E-state index contributed by atoms with van der Waals surface area (Å²) in [6.45, 7) is 0. The zero-order valence-electron chi connectivity index (χ0n) is 9.15. The lowest BCUT2D eigenvalue weighted by Crippen LogP contribution is -2.05. The second kappa shape index (κ2) is 4.13. The number of rotatable bonds is 3. The topological polar surface area (TPSA) is 37.8 Å². The molecule has 1 fully saturated rings. The molecule has 1 aliphatic rings. The van der Waals surface area contributed by atoms with Gasteiger partial charge in [0.15, 0.2) is 0 Å². The number of hydrogen-bond acceptors (Lipinski definition) is 3. The average molecular weight is 228 g/mol. The summed E-state index contributed by atoms with van der Waals surface area (Å²) >= 11 is 0. The second-order valence-corrected chi connectivity index (χ2v) is 4.08. The number of hydrogen-bond donors (Lipinski definition) is 1. The molecule has 0 saturated heterocycles. The lowest BCUT2D eigenvalue weighted by Gasteiger charge is -2.05. The van der Waals surface area contributed by atoms with E-state index in [1.807, 2.05) is 0 Å². The molecule has 2 aromatic rings. The van der Waals surface area contributed by atoms with Crippen LogP contribution in [-0.4, -0.2) is 16.0 Å². The molecule has 0 amide bonds. The first-order chi connectivity index (χ1) is 8.33. The van der Waals surface area contributed by atoms with Crippen molar-refractivity contribution in [1.29, 1.82) is 0 Å². The Morgan fingerprint density at radius 1 is 1.35 bits per heavy atom. The number of anilines is 1. The van der Waals surface area contributed by atoms with Gasteiger partial charge in [-0.1, -0.05) is 12.1 Å². The largest absolute Gasteiger partial charge is 0.351 e. The first kappa shape index (κ1) is 10.2. The third-order valence-corrected chi connectivity index (χ3v) is 2.63. The van der Waals surface area contributed by atoms with E-state index in [1.165, 1.54) is 6.07 Å². The quantitative estimate of drug-likeness (QED) is 0.877. The number of aromatic nitrogens is 2. The highest BCUT2D eigenvalue weighted by Gasteiger charge is 2.22. The Balaban J connectivity index is 1.94. The van der Waals surface area contributed by atoms with Crippen molar-refractivity contribution < 1.29 is 4.39 Å². The molecule has 1 aliphatic carbocycles. The Morgan fingerprint density at radius 2 is 2.24 bits per heavy atom. The first-order valence-electron chi connectivity index (χ1n) is 5.59. The van der Waals surface area contributed by atoms with Crippen LogP contribution >= 0.6 is 0 Å². The van der Waals surface area contributed by atoms with Crippen LogP contribution in [-0.2, 0) is 0 Å². The van der Waals surface area contributed by atoms with Crippen LogP contribution in [0.15, 0.2) is 30.5 Å². The Labute approximate surface area is 98.7 Å². The van der Waals surface area contributed by atoms with E-state index in [1.54, 1.807) is 24.4 Å².